The van der Waals surface area contributed by atoms with E-state index in [1.807, 2.05) is 0 Å². The van der Waals surface area contributed by atoms with E-state index in [1.54, 1.807) is 7.11 Å². The molecule has 1 aromatic rings. The normalized spacial score (nSPS) is 21.6. The monoisotopic (exact) mass is 280 g/mol. The topological polar surface area (TPSA) is 102 Å². The summed E-state index contributed by atoms with van der Waals surface area (Å²) >= 11 is 0. The van der Waals surface area contributed by atoms with Crippen molar-refractivity contribution in [2.24, 2.45) is 0 Å². The molecular weight excluding hydrogens is 264 g/mol. The third-order valence-electron chi connectivity index (χ3n) is 3.53. The van der Waals surface area contributed by atoms with E-state index in [-0.39, 0.29) is 17.7 Å². The van der Waals surface area contributed by atoms with Crippen LogP contribution in [0.15, 0.2) is 18.2 Å². The standard InChI is InChI=1S/C13H16N2O5/c1-20-11-7-3-5-9(11)14-13(17)8-4-2-6-10(12(8)16)15(18)19/h2,4,6,9,11,16H,3,5,7H2,1H3,(H,14,17)/t9-,11+/m0/s1. The van der Waals surface area contributed by atoms with Crippen LogP contribution in [0.4, 0.5) is 5.69 Å². The molecule has 108 valence electrons. The van der Waals surface area contributed by atoms with Crippen molar-refractivity contribution in [1.82, 2.24) is 5.32 Å². The fourth-order valence-electron chi connectivity index (χ4n) is 2.48. The number of ether oxygens (including phenoxy) is 1. The number of methoxy groups -OCH3 is 1. The van der Waals surface area contributed by atoms with Crippen molar-refractivity contribution >= 4 is 11.6 Å². The van der Waals surface area contributed by atoms with E-state index < -0.39 is 22.3 Å². The number of aromatic hydroxyl groups is 1. The van der Waals surface area contributed by atoms with E-state index in [0.717, 1.165) is 25.3 Å². The summed E-state index contributed by atoms with van der Waals surface area (Å²) in [5.41, 5.74) is -0.576. The van der Waals surface area contributed by atoms with Gasteiger partial charge < -0.3 is 15.2 Å². The van der Waals surface area contributed by atoms with Gasteiger partial charge in [-0.15, -0.1) is 0 Å². The molecule has 1 amide bonds. The van der Waals surface area contributed by atoms with Crippen molar-refractivity contribution in [3.8, 4) is 5.75 Å². The van der Waals surface area contributed by atoms with Crippen LogP contribution in [0.3, 0.4) is 0 Å². The van der Waals surface area contributed by atoms with E-state index in [9.17, 15) is 20.0 Å². The van der Waals surface area contributed by atoms with Crippen LogP contribution >= 0.6 is 0 Å². The predicted octanol–water partition coefficient (Wildman–Crippen LogP) is 1.60. The first-order chi connectivity index (χ1) is 9.54. The Morgan fingerprint density at radius 3 is 2.90 bits per heavy atom. The average Bonchev–Trinajstić information content (AvgIpc) is 2.85. The van der Waals surface area contributed by atoms with Crippen LogP contribution in [-0.4, -0.2) is 35.2 Å². The van der Waals surface area contributed by atoms with Crippen LogP contribution in [0.1, 0.15) is 29.6 Å². The molecule has 0 saturated heterocycles. The van der Waals surface area contributed by atoms with Gasteiger partial charge in [0.05, 0.1) is 22.6 Å². The zero-order valence-electron chi connectivity index (χ0n) is 11.0. The van der Waals surface area contributed by atoms with Gasteiger partial charge in [-0.25, -0.2) is 0 Å². The van der Waals surface area contributed by atoms with E-state index in [4.69, 9.17) is 4.74 Å². The first-order valence-corrected chi connectivity index (χ1v) is 6.34. The molecule has 1 aliphatic rings. The Morgan fingerprint density at radius 1 is 1.50 bits per heavy atom. The second-order valence-electron chi connectivity index (χ2n) is 4.72. The summed E-state index contributed by atoms with van der Waals surface area (Å²) in [5.74, 6) is -1.14. The highest BCUT2D eigenvalue weighted by molar-refractivity contribution is 5.98. The lowest BCUT2D eigenvalue weighted by Crippen LogP contribution is -2.40. The first kappa shape index (κ1) is 14.3. The molecule has 0 aromatic heterocycles. The molecular formula is C13H16N2O5. The Morgan fingerprint density at radius 2 is 2.25 bits per heavy atom. The Bertz CT molecular complexity index is 531. The molecule has 0 aliphatic heterocycles. The zero-order valence-corrected chi connectivity index (χ0v) is 11.0. The van der Waals surface area contributed by atoms with Gasteiger partial charge in [0.25, 0.3) is 5.91 Å². The minimum atomic E-state index is -0.723. The lowest BCUT2D eigenvalue weighted by molar-refractivity contribution is -0.385. The number of nitrogens with one attached hydrogen (secondary N) is 1. The number of phenolic OH excluding ortho intramolecular Hbond substituents is 1. The van der Waals surface area contributed by atoms with E-state index >= 15 is 0 Å². The molecule has 1 aromatic carbocycles. The molecule has 2 rings (SSSR count). The molecule has 0 heterocycles. The van der Waals surface area contributed by atoms with Crippen molar-refractivity contribution in [1.29, 1.82) is 0 Å². The molecule has 0 spiro atoms. The quantitative estimate of drug-likeness (QED) is 0.644. The van der Waals surface area contributed by atoms with Gasteiger partial charge in [0.1, 0.15) is 0 Å². The maximum atomic E-state index is 12.1. The van der Waals surface area contributed by atoms with E-state index in [1.165, 1.54) is 12.1 Å². The van der Waals surface area contributed by atoms with Crippen LogP contribution in [0, 0.1) is 10.1 Å². The van der Waals surface area contributed by atoms with Crippen LogP contribution in [0.5, 0.6) is 5.75 Å². The number of hydrogen-bond acceptors (Lipinski definition) is 5. The van der Waals surface area contributed by atoms with Gasteiger partial charge in [-0.05, 0) is 25.3 Å². The van der Waals surface area contributed by atoms with Crippen LogP contribution in [0.25, 0.3) is 0 Å². The number of nitro groups is 1. The lowest BCUT2D eigenvalue weighted by atomic mass is 10.1. The molecule has 1 fully saturated rings. The van der Waals surface area contributed by atoms with Crippen molar-refractivity contribution in [2.75, 3.05) is 7.11 Å². The Labute approximate surface area is 115 Å². The van der Waals surface area contributed by atoms with Crippen molar-refractivity contribution in [2.45, 2.75) is 31.4 Å². The summed E-state index contributed by atoms with van der Waals surface area (Å²) in [6, 6.07) is 3.75. The largest absolute Gasteiger partial charge is 0.502 e. The second-order valence-corrected chi connectivity index (χ2v) is 4.72. The summed E-state index contributed by atoms with van der Waals surface area (Å²) in [5, 5.41) is 23.3. The van der Waals surface area contributed by atoms with Gasteiger partial charge >= 0.3 is 5.69 Å². The minimum absolute atomic E-state index is 0.0557. The van der Waals surface area contributed by atoms with Gasteiger partial charge in [0.2, 0.25) is 5.75 Å². The van der Waals surface area contributed by atoms with Crippen molar-refractivity contribution in [3.05, 3.63) is 33.9 Å². The molecule has 0 unspecified atom stereocenters. The zero-order chi connectivity index (χ0) is 14.7. The number of amides is 1. The number of nitrogens with zero attached hydrogens (tertiary/aromatic N) is 1. The molecule has 0 radical (unpaired) electrons. The predicted molar refractivity (Wildman–Crippen MR) is 70.7 cm³/mol. The van der Waals surface area contributed by atoms with Crippen LogP contribution < -0.4 is 5.32 Å². The van der Waals surface area contributed by atoms with Crippen molar-refractivity contribution < 1.29 is 19.6 Å². The molecule has 7 nitrogen and oxygen atoms in total. The third kappa shape index (κ3) is 2.72. The van der Waals surface area contributed by atoms with Gasteiger partial charge in [-0.2, -0.15) is 0 Å². The molecule has 2 N–H and O–H groups in total. The number of carbonyl (C=O) groups excluding carboxylic acids is 1. The SMILES string of the molecule is CO[C@@H]1CCC[C@@H]1NC(=O)c1cccc([N+](=O)[O-])c1O. The number of hydrogen-bond donors (Lipinski definition) is 2. The number of carbonyl (C=O) groups is 1. The molecule has 0 bridgehead atoms. The highest BCUT2D eigenvalue weighted by Gasteiger charge is 2.30. The van der Waals surface area contributed by atoms with Crippen molar-refractivity contribution in [3.63, 3.8) is 0 Å². The number of para-hydroxylation sites is 1. The Hall–Kier alpha value is -2.15. The fourth-order valence-corrected chi connectivity index (χ4v) is 2.48. The molecule has 2 atom stereocenters. The van der Waals surface area contributed by atoms with Crippen LogP contribution in [-0.2, 0) is 4.74 Å². The molecule has 7 heteroatoms. The highest BCUT2D eigenvalue weighted by atomic mass is 16.6. The van der Waals surface area contributed by atoms with Gasteiger partial charge in [0.15, 0.2) is 0 Å². The summed E-state index contributed by atoms with van der Waals surface area (Å²) in [7, 11) is 1.58. The summed E-state index contributed by atoms with van der Waals surface area (Å²) < 4.78 is 5.27. The first-order valence-electron chi connectivity index (χ1n) is 6.34. The number of rotatable bonds is 4. The number of benzene rings is 1. The summed E-state index contributed by atoms with van der Waals surface area (Å²) in [6.07, 6.45) is 2.55. The lowest BCUT2D eigenvalue weighted by Gasteiger charge is -2.19. The molecule has 20 heavy (non-hydrogen) atoms. The van der Waals surface area contributed by atoms with E-state index in [0.29, 0.717) is 0 Å². The minimum Gasteiger partial charge on any atom is -0.502 e. The van der Waals surface area contributed by atoms with Crippen LogP contribution in [0.2, 0.25) is 0 Å². The van der Waals surface area contributed by atoms with Gasteiger partial charge in [-0.1, -0.05) is 6.07 Å². The number of phenols is 1. The molecule has 1 saturated carbocycles. The summed E-state index contributed by atoms with van der Waals surface area (Å²) in [6.45, 7) is 0. The average molecular weight is 280 g/mol. The Kier molecular flexibility index (Phi) is 4.19. The smallest absolute Gasteiger partial charge is 0.311 e. The number of nitro benzene ring substituents is 1. The third-order valence-corrected chi connectivity index (χ3v) is 3.53. The maximum absolute atomic E-state index is 12.1. The second kappa shape index (κ2) is 5.87. The molecule has 1 aliphatic carbocycles. The highest BCUT2D eigenvalue weighted by Crippen LogP contribution is 2.30. The van der Waals surface area contributed by atoms with Gasteiger partial charge in [0, 0.05) is 13.2 Å². The fraction of sp³-hybridized carbons (Fsp3) is 0.462. The Balaban J connectivity index is 2.17. The maximum Gasteiger partial charge on any atom is 0.311 e. The van der Waals surface area contributed by atoms with E-state index in [2.05, 4.69) is 5.32 Å². The summed E-state index contributed by atoms with van der Waals surface area (Å²) in [4.78, 5) is 22.1. The van der Waals surface area contributed by atoms with Gasteiger partial charge in [-0.3, -0.25) is 14.9 Å².